The minimum absolute atomic E-state index is 0.000304. The Morgan fingerprint density at radius 3 is 2.42 bits per heavy atom. The van der Waals surface area contributed by atoms with E-state index in [1.165, 1.54) is 17.8 Å². The molecule has 2 aromatic rings. The van der Waals surface area contributed by atoms with Crippen molar-refractivity contribution in [3.05, 3.63) is 56.3 Å². The Morgan fingerprint density at radius 2 is 1.81 bits per heavy atom. The zero-order valence-corrected chi connectivity index (χ0v) is 18.6. The zero-order chi connectivity index (χ0) is 22.4. The number of oxazole rings is 1. The summed E-state index contributed by atoms with van der Waals surface area (Å²) in [5, 5.41) is 3.73. The summed E-state index contributed by atoms with van der Waals surface area (Å²) >= 11 is 11.9. The van der Waals surface area contributed by atoms with E-state index in [4.69, 9.17) is 32.4 Å². The van der Waals surface area contributed by atoms with Crippen LogP contribution in [-0.2, 0) is 18.4 Å². The molecule has 9 nitrogen and oxygen atoms in total. The highest BCUT2D eigenvalue weighted by molar-refractivity contribution is 6.34. The van der Waals surface area contributed by atoms with E-state index in [1.54, 1.807) is 23.1 Å². The first-order valence-corrected chi connectivity index (χ1v) is 10.6. The standard InChI is InChI=1S/C20H24Cl2N4O5/c1-24-12-17(31-19(24)28)18(27)23-3-2-4-25-5-7-26(8-6-25)20(29)30-13-14-9-15(21)11-16(22)10-14/h9-12H,2-8,13H2,1H3,(H,23,27). The number of rotatable bonds is 7. The zero-order valence-electron chi connectivity index (χ0n) is 17.1. The van der Waals surface area contributed by atoms with Crippen LogP contribution < -0.4 is 11.1 Å². The SMILES string of the molecule is Cn1cc(C(=O)NCCCN2CCN(C(=O)OCc3cc(Cl)cc(Cl)c3)CC2)oc1=O. The van der Waals surface area contributed by atoms with Crippen LogP contribution >= 0.6 is 23.2 Å². The molecule has 1 aliphatic heterocycles. The number of carbonyl (C=O) groups is 2. The summed E-state index contributed by atoms with van der Waals surface area (Å²) in [5.74, 6) is -0.983. The van der Waals surface area contributed by atoms with Gasteiger partial charge in [0.1, 0.15) is 6.61 Å². The van der Waals surface area contributed by atoms with Crippen LogP contribution in [0.4, 0.5) is 4.79 Å². The van der Waals surface area contributed by atoms with Gasteiger partial charge in [0.2, 0.25) is 5.76 Å². The van der Waals surface area contributed by atoms with Crippen molar-refractivity contribution in [2.45, 2.75) is 13.0 Å². The monoisotopic (exact) mass is 470 g/mol. The molecule has 0 aliphatic carbocycles. The minimum atomic E-state index is -0.571. The van der Waals surface area contributed by atoms with Gasteiger partial charge in [0.15, 0.2) is 0 Å². The predicted molar refractivity (Wildman–Crippen MR) is 116 cm³/mol. The van der Waals surface area contributed by atoms with Crippen molar-refractivity contribution in [1.82, 2.24) is 19.7 Å². The molecule has 168 valence electrons. The fraction of sp³-hybridized carbons (Fsp3) is 0.450. The number of halogens is 2. The fourth-order valence-corrected chi connectivity index (χ4v) is 3.77. The second-order valence-electron chi connectivity index (χ2n) is 7.24. The number of amides is 2. The highest BCUT2D eigenvalue weighted by atomic mass is 35.5. The molecule has 2 amide bonds. The van der Waals surface area contributed by atoms with Crippen molar-refractivity contribution in [3.8, 4) is 0 Å². The van der Waals surface area contributed by atoms with Crippen LogP contribution in [0, 0.1) is 0 Å². The summed E-state index contributed by atoms with van der Waals surface area (Å²) in [6, 6.07) is 5.05. The number of aromatic nitrogens is 1. The lowest BCUT2D eigenvalue weighted by Crippen LogP contribution is -2.49. The molecule has 0 spiro atoms. The molecule has 1 fully saturated rings. The number of carbonyl (C=O) groups excluding carboxylic acids is 2. The van der Waals surface area contributed by atoms with Gasteiger partial charge in [-0.15, -0.1) is 0 Å². The van der Waals surface area contributed by atoms with Crippen molar-refractivity contribution < 1.29 is 18.7 Å². The Kier molecular flexibility index (Phi) is 8.00. The molecule has 1 saturated heterocycles. The number of ether oxygens (including phenoxy) is 1. The van der Waals surface area contributed by atoms with Gasteiger partial charge in [0, 0.05) is 49.8 Å². The van der Waals surface area contributed by atoms with Crippen molar-refractivity contribution in [1.29, 1.82) is 0 Å². The Morgan fingerprint density at radius 1 is 1.13 bits per heavy atom. The third-order valence-corrected chi connectivity index (χ3v) is 5.31. The number of hydrogen-bond acceptors (Lipinski definition) is 6. The van der Waals surface area contributed by atoms with Gasteiger partial charge >= 0.3 is 11.8 Å². The van der Waals surface area contributed by atoms with Crippen LogP contribution in [0.3, 0.4) is 0 Å². The van der Waals surface area contributed by atoms with Crippen LogP contribution in [0.2, 0.25) is 10.0 Å². The first-order chi connectivity index (χ1) is 14.8. The summed E-state index contributed by atoms with van der Waals surface area (Å²) in [7, 11) is 1.52. The molecule has 1 aliphatic rings. The number of nitrogens with zero attached hydrogens (tertiary/aromatic N) is 3. The summed E-state index contributed by atoms with van der Waals surface area (Å²) in [5.41, 5.74) is 0.737. The lowest BCUT2D eigenvalue weighted by molar-refractivity contribution is 0.0711. The van der Waals surface area contributed by atoms with Gasteiger partial charge in [-0.3, -0.25) is 14.3 Å². The molecule has 0 atom stereocenters. The average Bonchev–Trinajstić information content (AvgIpc) is 3.07. The smallest absolute Gasteiger partial charge is 0.419 e. The highest BCUT2D eigenvalue weighted by Gasteiger charge is 2.22. The molecule has 3 rings (SSSR count). The Labute approximate surface area is 189 Å². The van der Waals surface area contributed by atoms with Crippen LogP contribution in [0.1, 0.15) is 22.5 Å². The lowest BCUT2D eigenvalue weighted by atomic mass is 10.2. The molecule has 0 bridgehead atoms. The largest absolute Gasteiger partial charge is 0.445 e. The van der Waals surface area contributed by atoms with Crippen molar-refractivity contribution in [2.24, 2.45) is 7.05 Å². The quantitative estimate of drug-likeness (QED) is 0.623. The Balaban J connectivity index is 1.32. The topological polar surface area (TPSA) is 97.0 Å². The summed E-state index contributed by atoms with van der Waals surface area (Å²) < 4.78 is 11.4. The molecular formula is C20H24Cl2N4O5. The summed E-state index contributed by atoms with van der Waals surface area (Å²) in [6.07, 6.45) is 1.73. The van der Waals surface area contributed by atoms with E-state index in [-0.39, 0.29) is 18.5 Å². The third-order valence-electron chi connectivity index (χ3n) is 4.87. The van der Waals surface area contributed by atoms with Gasteiger partial charge in [-0.25, -0.2) is 9.59 Å². The van der Waals surface area contributed by atoms with Gasteiger partial charge in [-0.2, -0.15) is 0 Å². The third kappa shape index (κ3) is 6.75. The number of hydrogen-bond donors (Lipinski definition) is 1. The highest BCUT2D eigenvalue weighted by Crippen LogP contribution is 2.20. The normalized spacial score (nSPS) is 14.5. The van der Waals surface area contributed by atoms with Gasteiger partial charge in [0.05, 0.1) is 6.20 Å². The summed E-state index contributed by atoms with van der Waals surface area (Å²) in [6.45, 7) is 3.93. The van der Waals surface area contributed by atoms with Gasteiger partial charge in [-0.1, -0.05) is 23.2 Å². The first-order valence-electron chi connectivity index (χ1n) is 9.85. The van der Waals surface area contributed by atoms with Gasteiger partial charge in [-0.05, 0) is 36.7 Å². The Bertz CT molecular complexity index is 962. The van der Waals surface area contributed by atoms with Crippen molar-refractivity contribution in [2.75, 3.05) is 39.3 Å². The van der Waals surface area contributed by atoms with E-state index in [1.807, 2.05) is 0 Å². The number of nitrogens with one attached hydrogen (secondary N) is 1. The van der Waals surface area contributed by atoms with Crippen LogP contribution in [-0.4, -0.2) is 65.6 Å². The second-order valence-corrected chi connectivity index (χ2v) is 8.12. The first kappa shape index (κ1) is 23.2. The van der Waals surface area contributed by atoms with Crippen molar-refractivity contribution in [3.63, 3.8) is 0 Å². The molecule has 0 radical (unpaired) electrons. The molecule has 1 aromatic heterocycles. The molecule has 0 unspecified atom stereocenters. The molecular weight excluding hydrogens is 447 g/mol. The lowest BCUT2D eigenvalue weighted by Gasteiger charge is -2.34. The molecule has 1 N–H and O–H groups in total. The maximum absolute atomic E-state index is 12.3. The van der Waals surface area contributed by atoms with Crippen LogP contribution in [0.5, 0.6) is 0 Å². The molecule has 2 heterocycles. The van der Waals surface area contributed by atoms with E-state index in [2.05, 4.69) is 10.2 Å². The van der Waals surface area contributed by atoms with Gasteiger partial charge < -0.3 is 19.4 Å². The number of aryl methyl sites for hydroxylation is 1. The molecule has 31 heavy (non-hydrogen) atoms. The minimum Gasteiger partial charge on any atom is -0.445 e. The Hall–Kier alpha value is -2.49. The van der Waals surface area contributed by atoms with E-state index in [9.17, 15) is 14.4 Å². The number of benzene rings is 1. The molecule has 11 heteroatoms. The van der Waals surface area contributed by atoms with Crippen LogP contribution in [0.15, 0.2) is 33.6 Å². The molecule has 0 saturated carbocycles. The van der Waals surface area contributed by atoms with E-state index in [0.717, 1.165) is 31.6 Å². The van der Waals surface area contributed by atoms with E-state index >= 15 is 0 Å². The van der Waals surface area contributed by atoms with Gasteiger partial charge in [0.25, 0.3) is 5.91 Å². The number of piperazine rings is 1. The maximum Gasteiger partial charge on any atom is 0.419 e. The van der Waals surface area contributed by atoms with Crippen molar-refractivity contribution >= 4 is 35.2 Å². The predicted octanol–water partition coefficient (Wildman–Crippen LogP) is 2.36. The van der Waals surface area contributed by atoms with Crippen LogP contribution in [0.25, 0.3) is 0 Å². The van der Waals surface area contributed by atoms with E-state index < -0.39 is 11.7 Å². The fourth-order valence-electron chi connectivity index (χ4n) is 3.20. The molecule has 1 aromatic carbocycles. The average molecular weight is 471 g/mol. The second kappa shape index (κ2) is 10.7. The summed E-state index contributed by atoms with van der Waals surface area (Å²) in [4.78, 5) is 39.4. The van der Waals surface area contributed by atoms with E-state index in [0.29, 0.717) is 29.7 Å². The maximum atomic E-state index is 12.3.